The monoisotopic (exact) mass is 603 g/mol. The lowest BCUT2D eigenvalue weighted by Gasteiger charge is -2.28. The number of piperidine rings is 1. The van der Waals surface area contributed by atoms with Crippen LogP contribution >= 0.6 is 0 Å². The molecule has 2 aliphatic heterocycles. The number of anilines is 1. The molecule has 4 aromatic rings. The summed E-state index contributed by atoms with van der Waals surface area (Å²) in [7, 11) is 0. The van der Waals surface area contributed by atoms with Gasteiger partial charge in [-0.1, -0.05) is 35.5 Å². The Morgan fingerprint density at radius 1 is 1.07 bits per heavy atom. The molecular weight excluding hydrogens is 575 g/mol. The van der Waals surface area contributed by atoms with Crippen LogP contribution in [0.2, 0.25) is 0 Å². The second kappa shape index (κ2) is 10.1. The molecule has 2 unspecified atom stereocenters. The molecule has 0 spiro atoms. The van der Waals surface area contributed by atoms with E-state index in [0.29, 0.717) is 53.6 Å². The standard InChI is InChI=1S/C33H28F3N3O5/c34-33(35,36)26-4-2-1-3-21(26)30-22(31(44-38-30)17-5-6-17)9-8-20-24-13-39(14-25(20)24)18-7-10-27-23(11-18)29(43-19-15-42-16-19)12-28(37-27)32(40)41/h1-4,7-12,17,19-20,24-25H,5-6,13-16H2,(H,40,41)/b9-8+. The van der Waals surface area contributed by atoms with E-state index in [2.05, 4.69) is 21.1 Å². The predicted molar refractivity (Wildman–Crippen MR) is 155 cm³/mol. The van der Waals surface area contributed by atoms with E-state index in [-0.39, 0.29) is 29.0 Å². The van der Waals surface area contributed by atoms with Gasteiger partial charge in [0.15, 0.2) is 5.69 Å². The average Bonchev–Trinajstić information content (AvgIpc) is 3.84. The Hall–Kier alpha value is -4.38. The number of hydrogen-bond donors (Lipinski definition) is 1. The van der Waals surface area contributed by atoms with E-state index in [1.165, 1.54) is 18.2 Å². The number of allylic oxidation sites excluding steroid dienone is 1. The number of hydrogen-bond acceptors (Lipinski definition) is 7. The molecule has 4 aliphatic rings. The smallest absolute Gasteiger partial charge is 0.417 e. The molecular formula is C33H28F3N3O5. The lowest BCUT2D eigenvalue weighted by molar-refractivity contribution is -0.137. The second-order valence-electron chi connectivity index (χ2n) is 12.1. The van der Waals surface area contributed by atoms with Gasteiger partial charge in [0.05, 0.1) is 24.3 Å². The molecule has 2 aromatic carbocycles. The van der Waals surface area contributed by atoms with Gasteiger partial charge in [0.2, 0.25) is 0 Å². The Kier molecular flexibility index (Phi) is 6.23. The number of carboxylic acids is 1. The number of pyridine rings is 1. The van der Waals surface area contributed by atoms with Crippen LogP contribution in [-0.4, -0.2) is 53.6 Å². The van der Waals surface area contributed by atoms with Crippen molar-refractivity contribution in [2.75, 3.05) is 31.2 Å². The minimum Gasteiger partial charge on any atom is -0.485 e. The van der Waals surface area contributed by atoms with E-state index >= 15 is 0 Å². The molecule has 8 rings (SSSR count). The molecule has 226 valence electrons. The van der Waals surface area contributed by atoms with Crippen molar-refractivity contribution in [2.24, 2.45) is 17.8 Å². The Labute approximate surface area is 250 Å². The van der Waals surface area contributed by atoms with Crippen molar-refractivity contribution in [3.8, 4) is 17.0 Å². The summed E-state index contributed by atoms with van der Waals surface area (Å²) in [5.41, 5.74) is 1.70. The van der Waals surface area contributed by atoms with Crippen LogP contribution in [0.5, 0.6) is 5.75 Å². The van der Waals surface area contributed by atoms with Crippen LogP contribution < -0.4 is 9.64 Å². The second-order valence-corrected chi connectivity index (χ2v) is 12.1. The van der Waals surface area contributed by atoms with Crippen molar-refractivity contribution in [1.29, 1.82) is 0 Å². The van der Waals surface area contributed by atoms with E-state index < -0.39 is 17.7 Å². The van der Waals surface area contributed by atoms with Gasteiger partial charge in [0.1, 0.15) is 23.3 Å². The Morgan fingerprint density at radius 3 is 2.52 bits per heavy atom. The quantitative estimate of drug-likeness (QED) is 0.239. The van der Waals surface area contributed by atoms with Gasteiger partial charge < -0.3 is 24.0 Å². The van der Waals surface area contributed by atoms with E-state index in [0.717, 1.165) is 43.1 Å². The highest BCUT2D eigenvalue weighted by atomic mass is 19.4. The van der Waals surface area contributed by atoms with Crippen LogP contribution in [0.3, 0.4) is 0 Å². The van der Waals surface area contributed by atoms with Gasteiger partial charge in [-0.25, -0.2) is 9.78 Å². The normalized spacial score (nSPS) is 23.2. The van der Waals surface area contributed by atoms with Crippen molar-refractivity contribution < 1.29 is 37.1 Å². The van der Waals surface area contributed by atoms with Crippen molar-refractivity contribution in [3.63, 3.8) is 0 Å². The Balaban J connectivity index is 1.02. The van der Waals surface area contributed by atoms with E-state index in [4.69, 9.17) is 14.0 Å². The van der Waals surface area contributed by atoms with Gasteiger partial charge in [0.25, 0.3) is 0 Å². The highest BCUT2D eigenvalue weighted by Crippen LogP contribution is 2.54. The number of carbonyl (C=O) groups is 1. The molecule has 4 heterocycles. The van der Waals surface area contributed by atoms with Crippen molar-refractivity contribution >= 4 is 28.6 Å². The van der Waals surface area contributed by atoms with Gasteiger partial charge >= 0.3 is 12.1 Å². The molecule has 2 aromatic heterocycles. The molecule has 11 heteroatoms. The number of aromatic nitrogens is 2. The van der Waals surface area contributed by atoms with Crippen LogP contribution in [-0.2, 0) is 10.9 Å². The van der Waals surface area contributed by atoms with Crippen LogP contribution in [0.15, 0.2) is 59.1 Å². The summed E-state index contributed by atoms with van der Waals surface area (Å²) in [6.07, 6.45) is 1.32. The van der Waals surface area contributed by atoms with Gasteiger partial charge in [-0.2, -0.15) is 13.2 Å². The maximum atomic E-state index is 13.8. The molecule has 0 radical (unpaired) electrons. The predicted octanol–water partition coefficient (Wildman–Crippen LogP) is 6.66. The molecule has 1 N–H and O–H groups in total. The number of aromatic carboxylic acids is 1. The number of alkyl halides is 3. The third kappa shape index (κ3) is 4.79. The number of nitrogens with zero attached hydrogens (tertiary/aromatic N) is 3. The lowest BCUT2D eigenvalue weighted by Crippen LogP contribution is -2.38. The van der Waals surface area contributed by atoms with Crippen LogP contribution in [0, 0.1) is 17.8 Å². The first-order valence-corrected chi connectivity index (χ1v) is 14.8. The first-order chi connectivity index (χ1) is 21.2. The van der Waals surface area contributed by atoms with Gasteiger partial charge in [-0.15, -0.1) is 0 Å². The zero-order valence-corrected chi connectivity index (χ0v) is 23.5. The SMILES string of the molecule is O=C(O)c1cc(OC2COC2)c2cc(N3CC4C(/C=C/c5c(-c6ccccc6C(F)(F)F)noc5C5CC5)C4C3)ccc2n1. The Bertz CT molecular complexity index is 1800. The molecule has 4 fully saturated rings. The van der Waals surface area contributed by atoms with Crippen LogP contribution in [0.4, 0.5) is 18.9 Å². The molecule has 2 saturated carbocycles. The lowest BCUT2D eigenvalue weighted by atomic mass is 9.98. The fourth-order valence-corrected chi connectivity index (χ4v) is 6.57. The zero-order valence-electron chi connectivity index (χ0n) is 23.5. The number of benzene rings is 2. The molecule has 2 aliphatic carbocycles. The van der Waals surface area contributed by atoms with Crippen LogP contribution in [0.1, 0.15) is 46.1 Å². The molecule has 0 amide bonds. The highest BCUT2D eigenvalue weighted by Gasteiger charge is 2.54. The fourth-order valence-electron chi connectivity index (χ4n) is 6.57. The third-order valence-corrected chi connectivity index (χ3v) is 9.18. The molecule has 2 atom stereocenters. The molecule has 2 saturated heterocycles. The van der Waals surface area contributed by atoms with Crippen molar-refractivity contribution in [2.45, 2.75) is 31.0 Å². The summed E-state index contributed by atoms with van der Waals surface area (Å²) in [5.74, 6) is 1.40. The van der Waals surface area contributed by atoms with Crippen molar-refractivity contribution in [3.05, 3.63) is 77.2 Å². The molecule has 0 bridgehead atoms. The number of ether oxygens (including phenoxy) is 2. The maximum absolute atomic E-state index is 13.8. The number of halogens is 3. The van der Waals surface area contributed by atoms with Crippen molar-refractivity contribution in [1.82, 2.24) is 10.1 Å². The third-order valence-electron chi connectivity index (χ3n) is 9.18. The molecule has 44 heavy (non-hydrogen) atoms. The summed E-state index contributed by atoms with van der Waals surface area (Å²) in [4.78, 5) is 18.2. The summed E-state index contributed by atoms with van der Waals surface area (Å²) in [5, 5.41) is 14.4. The first-order valence-electron chi connectivity index (χ1n) is 14.8. The van der Waals surface area contributed by atoms with Crippen LogP contribution in [0.25, 0.3) is 28.2 Å². The minimum atomic E-state index is -4.50. The summed E-state index contributed by atoms with van der Waals surface area (Å²) in [6, 6.07) is 12.8. The first kappa shape index (κ1) is 27.2. The average molecular weight is 604 g/mol. The van der Waals surface area contributed by atoms with E-state index in [1.807, 2.05) is 24.3 Å². The topological polar surface area (TPSA) is 97.9 Å². The Morgan fingerprint density at radius 2 is 1.84 bits per heavy atom. The highest BCUT2D eigenvalue weighted by molar-refractivity contribution is 5.94. The summed E-state index contributed by atoms with van der Waals surface area (Å²) >= 11 is 0. The van der Waals surface area contributed by atoms with Gasteiger partial charge in [0, 0.05) is 47.3 Å². The largest absolute Gasteiger partial charge is 0.485 e. The summed E-state index contributed by atoms with van der Waals surface area (Å²) in [6.45, 7) is 2.59. The minimum absolute atomic E-state index is 0.0342. The number of rotatable bonds is 8. The fraction of sp³-hybridized carbons (Fsp3) is 0.364. The molecule has 8 nitrogen and oxygen atoms in total. The number of carboxylic acid groups (broad SMARTS) is 1. The maximum Gasteiger partial charge on any atom is 0.417 e. The van der Waals surface area contributed by atoms with E-state index in [1.54, 1.807) is 6.07 Å². The van der Waals surface area contributed by atoms with Gasteiger partial charge in [-0.3, -0.25) is 0 Å². The zero-order chi connectivity index (χ0) is 30.2. The van der Waals surface area contributed by atoms with E-state index in [9.17, 15) is 23.1 Å². The number of fused-ring (bicyclic) bond motifs is 2. The van der Waals surface area contributed by atoms with Gasteiger partial charge in [-0.05, 0) is 54.9 Å². The summed E-state index contributed by atoms with van der Waals surface area (Å²) < 4.78 is 58.3.